The zero-order valence-electron chi connectivity index (χ0n) is 11.7. The second-order valence-electron chi connectivity index (χ2n) is 4.97. The Kier molecular flexibility index (Phi) is 4.64. The van der Waals surface area contributed by atoms with E-state index in [1.54, 1.807) is 6.07 Å². The maximum atomic E-state index is 13.9. The minimum atomic E-state index is -0.321. The van der Waals surface area contributed by atoms with Gasteiger partial charge in [-0.3, -0.25) is 9.69 Å². The van der Waals surface area contributed by atoms with Crippen molar-refractivity contribution in [3.63, 3.8) is 0 Å². The van der Waals surface area contributed by atoms with Gasteiger partial charge in [-0.15, -0.1) is 0 Å². The Bertz CT molecular complexity index is 561. The van der Waals surface area contributed by atoms with E-state index in [1.165, 1.54) is 13.0 Å². The number of halogens is 2. The number of anilines is 1. The van der Waals surface area contributed by atoms with E-state index in [-0.39, 0.29) is 17.8 Å². The molecule has 0 amide bonds. The summed E-state index contributed by atoms with van der Waals surface area (Å²) in [7, 11) is 3.80. The summed E-state index contributed by atoms with van der Waals surface area (Å²) in [5.74, 6) is -0.334. The summed E-state index contributed by atoms with van der Waals surface area (Å²) in [6.07, 6.45) is 1.49. The van der Waals surface area contributed by atoms with Crippen LogP contribution >= 0.6 is 22.6 Å². The van der Waals surface area contributed by atoms with Gasteiger partial charge in [-0.25, -0.2) is 4.39 Å². The Morgan fingerprint density at radius 2 is 2.15 bits per heavy atom. The fraction of sp³-hybridized carbons (Fsp3) is 0.357. The zero-order chi connectivity index (χ0) is 14.9. The molecule has 1 aliphatic heterocycles. The topological polar surface area (TPSA) is 35.6 Å². The molecule has 4 nitrogen and oxygen atoms in total. The largest absolute Gasteiger partial charge is 0.367 e. The maximum Gasteiger partial charge on any atom is 0.160 e. The van der Waals surface area contributed by atoms with Crippen molar-refractivity contribution >= 4 is 34.1 Å². The number of hydrogen-bond donors (Lipinski definition) is 1. The number of carbonyl (C=O) groups excluding carboxylic acids is 1. The van der Waals surface area contributed by atoms with Crippen LogP contribution in [-0.2, 0) is 4.79 Å². The van der Waals surface area contributed by atoms with E-state index in [1.807, 2.05) is 36.2 Å². The predicted octanol–water partition coefficient (Wildman–Crippen LogP) is 2.48. The van der Waals surface area contributed by atoms with Crippen molar-refractivity contribution in [2.24, 2.45) is 0 Å². The van der Waals surface area contributed by atoms with Crippen molar-refractivity contribution in [1.82, 2.24) is 9.80 Å². The average Bonchev–Trinajstić information content (AvgIpc) is 2.34. The molecule has 1 aliphatic rings. The molecular weight excluding hydrogens is 372 g/mol. The third kappa shape index (κ3) is 3.29. The molecule has 1 heterocycles. The lowest BCUT2D eigenvalue weighted by atomic mass is 10.1. The molecule has 1 atom stereocenters. The molecule has 0 saturated heterocycles. The van der Waals surface area contributed by atoms with Gasteiger partial charge in [-0.1, -0.05) is 0 Å². The van der Waals surface area contributed by atoms with Crippen LogP contribution in [0.2, 0.25) is 0 Å². The van der Waals surface area contributed by atoms with E-state index in [2.05, 4.69) is 27.9 Å². The lowest BCUT2D eigenvalue weighted by Gasteiger charge is -2.38. The van der Waals surface area contributed by atoms with Gasteiger partial charge in [0.25, 0.3) is 0 Å². The summed E-state index contributed by atoms with van der Waals surface area (Å²) >= 11 is 2.06. The van der Waals surface area contributed by atoms with Gasteiger partial charge in [0, 0.05) is 22.4 Å². The first-order chi connectivity index (χ1) is 9.38. The second-order valence-corrected chi connectivity index (χ2v) is 6.21. The summed E-state index contributed by atoms with van der Waals surface area (Å²) in [6.45, 7) is 2.19. The highest BCUT2D eigenvalue weighted by atomic mass is 127. The van der Waals surface area contributed by atoms with E-state index < -0.39 is 0 Å². The number of likely N-dealkylation sites (N-methyl/N-ethyl adjacent to an activating group) is 1. The number of rotatable bonds is 3. The molecule has 0 saturated carbocycles. The molecule has 2 rings (SSSR count). The number of ketones is 1. The molecule has 20 heavy (non-hydrogen) atoms. The van der Waals surface area contributed by atoms with Crippen LogP contribution in [0.3, 0.4) is 0 Å². The van der Waals surface area contributed by atoms with Gasteiger partial charge in [-0.05, 0) is 54.8 Å². The summed E-state index contributed by atoms with van der Waals surface area (Å²) in [6, 6.07) is 4.99. The Labute approximate surface area is 131 Å². The molecule has 0 aliphatic carbocycles. The van der Waals surface area contributed by atoms with E-state index in [0.717, 1.165) is 3.57 Å². The van der Waals surface area contributed by atoms with Crippen molar-refractivity contribution < 1.29 is 9.18 Å². The number of Topliss-reactive ketones (excluding diaryl/α,β-unsaturated/α-hetero) is 1. The van der Waals surface area contributed by atoms with Crippen molar-refractivity contribution in [2.75, 3.05) is 26.1 Å². The van der Waals surface area contributed by atoms with Crippen LogP contribution < -0.4 is 5.32 Å². The number of hydrogen-bond acceptors (Lipinski definition) is 4. The fourth-order valence-corrected chi connectivity index (χ4v) is 2.70. The monoisotopic (exact) mass is 389 g/mol. The van der Waals surface area contributed by atoms with E-state index >= 15 is 0 Å². The van der Waals surface area contributed by atoms with E-state index in [4.69, 9.17) is 0 Å². The maximum absolute atomic E-state index is 13.9. The Morgan fingerprint density at radius 3 is 2.75 bits per heavy atom. The summed E-state index contributed by atoms with van der Waals surface area (Å²) in [4.78, 5) is 15.7. The van der Waals surface area contributed by atoms with Crippen LogP contribution in [-0.4, -0.2) is 42.5 Å². The first-order valence-electron chi connectivity index (χ1n) is 6.23. The molecule has 0 aromatic heterocycles. The van der Waals surface area contributed by atoms with Crippen LogP contribution in [0.25, 0.3) is 0 Å². The Balaban J connectivity index is 2.30. The average molecular weight is 389 g/mol. The van der Waals surface area contributed by atoms with E-state index in [9.17, 15) is 9.18 Å². The normalized spacial score (nSPS) is 19.8. The Morgan fingerprint density at radius 1 is 1.45 bits per heavy atom. The lowest BCUT2D eigenvalue weighted by molar-refractivity contribution is -0.114. The first-order valence-corrected chi connectivity index (χ1v) is 7.31. The SMILES string of the molecule is CC(=O)C1=CN(C)CN(C)C1Nc1ccc(I)cc1F. The van der Waals surface area contributed by atoms with Crippen LogP contribution in [0.4, 0.5) is 10.1 Å². The van der Waals surface area contributed by atoms with Crippen molar-refractivity contribution in [3.05, 3.63) is 39.4 Å². The molecule has 6 heteroatoms. The van der Waals surface area contributed by atoms with Gasteiger partial charge in [0.05, 0.1) is 12.4 Å². The third-order valence-electron chi connectivity index (χ3n) is 3.17. The summed E-state index contributed by atoms with van der Waals surface area (Å²) in [5.41, 5.74) is 1.03. The molecule has 0 fully saturated rings. The minimum absolute atomic E-state index is 0.0215. The molecule has 1 aromatic carbocycles. The highest BCUT2D eigenvalue weighted by Crippen LogP contribution is 2.23. The van der Waals surface area contributed by atoms with Gasteiger partial charge < -0.3 is 10.2 Å². The molecule has 1 unspecified atom stereocenters. The van der Waals surface area contributed by atoms with E-state index in [0.29, 0.717) is 17.9 Å². The van der Waals surface area contributed by atoms with Crippen LogP contribution in [0.1, 0.15) is 6.92 Å². The van der Waals surface area contributed by atoms with Gasteiger partial charge >= 0.3 is 0 Å². The van der Waals surface area contributed by atoms with Crippen molar-refractivity contribution in [1.29, 1.82) is 0 Å². The van der Waals surface area contributed by atoms with Crippen LogP contribution in [0, 0.1) is 9.39 Å². The second kappa shape index (κ2) is 6.09. The van der Waals surface area contributed by atoms with Crippen LogP contribution in [0.5, 0.6) is 0 Å². The molecular formula is C14H17FIN3O. The standard InChI is InChI=1S/C14H17FIN3O/c1-9(20)11-7-18(2)8-19(3)14(11)17-13-5-4-10(16)6-12(13)15/h4-7,14,17H,8H2,1-3H3. The number of nitrogens with zero attached hydrogens (tertiary/aromatic N) is 2. The predicted molar refractivity (Wildman–Crippen MR) is 85.7 cm³/mol. The molecule has 0 radical (unpaired) electrons. The molecule has 0 bridgehead atoms. The van der Waals surface area contributed by atoms with Gasteiger partial charge in [-0.2, -0.15) is 0 Å². The highest BCUT2D eigenvalue weighted by molar-refractivity contribution is 14.1. The number of benzene rings is 1. The van der Waals surface area contributed by atoms with Gasteiger partial charge in [0.2, 0.25) is 0 Å². The number of carbonyl (C=O) groups is 1. The molecule has 0 spiro atoms. The number of nitrogens with one attached hydrogen (secondary N) is 1. The highest BCUT2D eigenvalue weighted by Gasteiger charge is 2.28. The molecule has 108 valence electrons. The zero-order valence-corrected chi connectivity index (χ0v) is 13.8. The Hall–Kier alpha value is -1.15. The quantitative estimate of drug-likeness (QED) is 0.806. The summed E-state index contributed by atoms with van der Waals surface area (Å²) < 4.78 is 14.8. The van der Waals surface area contributed by atoms with Crippen molar-refractivity contribution in [3.8, 4) is 0 Å². The smallest absolute Gasteiger partial charge is 0.160 e. The third-order valence-corrected chi connectivity index (χ3v) is 3.84. The molecule has 1 aromatic rings. The van der Waals surface area contributed by atoms with Gasteiger partial charge in [0.1, 0.15) is 12.0 Å². The lowest BCUT2D eigenvalue weighted by Crippen LogP contribution is -2.49. The molecule has 1 N–H and O–H groups in total. The fourth-order valence-electron chi connectivity index (χ4n) is 2.25. The first kappa shape index (κ1) is 15.2. The minimum Gasteiger partial charge on any atom is -0.367 e. The van der Waals surface area contributed by atoms with Crippen molar-refractivity contribution in [2.45, 2.75) is 13.1 Å². The van der Waals surface area contributed by atoms with Crippen LogP contribution in [0.15, 0.2) is 30.0 Å². The van der Waals surface area contributed by atoms with Gasteiger partial charge in [0.15, 0.2) is 5.78 Å². The summed E-state index contributed by atoms with van der Waals surface area (Å²) in [5, 5.41) is 3.11.